The van der Waals surface area contributed by atoms with Crippen LogP contribution in [0.25, 0.3) is 0 Å². The quantitative estimate of drug-likeness (QED) is 0.718. The fourth-order valence-corrected chi connectivity index (χ4v) is 1.42. The highest BCUT2D eigenvalue weighted by molar-refractivity contribution is 5.33. The zero-order chi connectivity index (χ0) is 11.3. The summed E-state index contributed by atoms with van der Waals surface area (Å²) in [6, 6.07) is 6.27. The molecule has 0 unspecified atom stereocenters. The summed E-state index contributed by atoms with van der Waals surface area (Å²) >= 11 is 0. The van der Waals surface area contributed by atoms with Gasteiger partial charge >= 0.3 is 0 Å². The number of aryl methyl sites for hydroxylation is 2. The molecule has 2 nitrogen and oxygen atoms in total. The van der Waals surface area contributed by atoms with Crippen LogP contribution in [0, 0.1) is 13.8 Å². The second-order valence-electron chi connectivity index (χ2n) is 4.41. The van der Waals surface area contributed by atoms with Gasteiger partial charge in [-0.05, 0) is 37.1 Å². The monoisotopic (exact) mass is 208 g/mol. The first kappa shape index (κ1) is 12.1. The van der Waals surface area contributed by atoms with Crippen molar-refractivity contribution in [1.29, 1.82) is 0 Å². The lowest BCUT2D eigenvalue weighted by Gasteiger charge is -2.09. The number of hydrogen-bond acceptors (Lipinski definition) is 1. The number of rotatable bonds is 5. The van der Waals surface area contributed by atoms with Crippen LogP contribution in [-0.4, -0.2) is 27.2 Å². The van der Waals surface area contributed by atoms with E-state index in [0.717, 1.165) is 25.3 Å². The molecule has 0 fully saturated rings. The Balaban J connectivity index is 2.35. The summed E-state index contributed by atoms with van der Waals surface area (Å²) in [5.74, 6) is 0.992. The second-order valence-corrected chi connectivity index (χ2v) is 4.41. The minimum atomic E-state index is 0.813. The summed E-state index contributed by atoms with van der Waals surface area (Å²) < 4.78 is 5.68. The van der Waals surface area contributed by atoms with E-state index in [1.54, 1.807) is 0 Å². The normalized spacial score (nSPS) is 10.7. The Morgan fingerprint density at radius 2 is 1.87 bits per heavy atom. The van der Waals surface area contributed by atoms with E-state index in [4.69, 9.17) is 4.74 Å². The average molecular weight is 208 g/mol. The molecular weight excluding hydrogens is 186 g/mol. The maximum atomic E-state index is 5.68. The maximum absolute atomic E-state index is 5.68. The van der Waals surface area contributed by atoms with Gasteiger partial charge in [0.1, 0.15) is 5.75 Å². The average Bonchev–Trinajstić information content (AvgIpc) is 2.18. The van der Waals surface area contributed by atoms with Crippen molar-refractivity contribution < 1.29 is 9.64 Å². The van der Waals surface area contributed by atoms with Gasteiger partial charge < -0.3 is 9.64 Å². The van der Waals surface area contributed by atoms with Crippen LogP contribution in [0.5, 0.6) is 5.75 Å². The van der Waals surface area contributed by atoms with E-state index in [0.29, 0.717) is 0 Å². The fourth-order valence-electron chi connectivity index (χ4n) is 1.42. The molecule has 1 aromatic carbocycles. The van der Waals surface area contributed by atoms with Gasteiger partial charge in [0.25, 0.3) is 0 Å². The van der Waals surface area contributed by atoms with Crippen LogP contribution < -0.4 is 9.64 Å². The molecule has 0 saturated heterocycles. The lowest BCUT2D eigenvalue weighted by Crippen LogP contribution is -3.05. The molecule has 0 aromatic heterocycles. The summed E-state index contributed by atoms with van der Waals surface area (Å²) in [6.07, 6.45) is 1.11. The summed E-state index contributed by atoms with van der Waals surface area (Å²) in [7, 11) is 4.33. The van der Waals surface area contributed by atoms with Gasteiger partial charge in [-0.3, -0.25) is 0 Å². The van der Waals surface area contributed by atoms with Crippen LogP contribution in [0.1, 0.15) is 17.5 Å². The lowest BCUT2D eigenvalue weighted by atomic mass is 10.1. The number of ether oxygens (including phenoxy) is 1. The minimum absolute atomic E-state index is 0.813. The Morgan fingerprint density at radius 3 is 2.47 bits per heavy atom. The smallest absolute Gasteiger partial charge is 0.119 e. The zero-order valence-electron chi connectivity index (χ0n) is 10.3. The number of benzene rings is 1. The van der Waals surface area contributed by atoms with Crippen molar-refractivity contribution in [3.63, 3.8) is 0 Å². The van der Waals surface area contributed by atoms with Gasteiger partial charge in [0.15, 0.2) is 0 Å². The highest BCUT2D eigenvalue weighted by Crippen LogP contribution is 2.16. The molecule has 0 radical (unpaired) electrons. The first-order chi connectivity index (χ1) is 7.09. The molecule has 0 saturated carbocycles. The molecule has 2 heteroatoms. The second kappa shape index (κ2) is 5.76. The molecule has 0 aliphatic heterocycles. The summed E-state index contributed by atoms with van der Waals surface area (Å²) in [4.78, 5) is 1.47. The van der Waals surface area contributed by atoms with Crippen molar-refractivity contribution in [2.45, 2.75) is 20.3 Å². The zero-order valence-corrected chi connectivity index (χ0v) is 10.3. The molecule has 0 amide bonds. The molecule has 0 atom stereocenters. The molecule has 1 rings (SSSR count). The van der Waals surface area contributed by atoms with Crippen molar-refractivity contribution in [3.8, 4) is 5.75 Å². The van der Waals surface area contributed by atoms with Crippen LogP contribution in [0.15, 0.2) is 18.2 Å². The number of nitrogens with one attached hydrogen (secondary N) is 1. The molecule has 0 heterocycles. The third-order valence-electron chi connectivity index (χ3n) is 2.57. The van der Waals surface area contributed by atoms with Crippen molar-refractivity contribution in [3.05, 3.63) is 29.3 Å². The van der Waals surface area contributed by atoms with Gasteiger partial charge in [-0.25, -0.2) is 0 Å². The Morgan fingerprint density at radius 1 is 1.13 bits per heavy atom. The van der Waals surface area contributed by atoms with Gasteiger partial charge in [0, 0.05) is 6.42 Å². The van der Waals surface area contributed by atoms with E-state index >= 15 is 0 Å². The molecule has 84 valence electrons. The molecule has 0 spiro atoms. The Labute approximate surface area is 92.9 Å². The van der Waals surface area contributed by atoms with Gasteiger partial charge in [-0.1, -0.05) is 6.07 Å². The van der Waals surface area contributed by atoms with E-state index < -0.39 is 0 Å². The van der Waals surface area contributed by atoms with Crippen LogP contribution in [-0.2, 0) is 0 Å². The Bertz CT molecular complexity index is 307. The standard InChI is InChI=1S/C13H21NO/c1-11-6-7-13(10-12(11)2)15-9-5-8-14(3)4/h6-7,10H,5,8-9H2,1-4H3/p+1. The molecule has 1 N–H and O–H groups in total. The largest absolute Gasteiger partial charge is 0.493 e. The van der Waals surface area contributed by atoms with Gasteiger partial charge in [-0.15, -0.1) is 0 Å². The fraction of sp³-hybridized carbons (Fsp3) is 0.538. The predicted molar refractivity (Wildman–Crippen MR) is 63.7 cm³/mol. The molecule has 0 aliphatic carbocycles. The Hall–Kier alpha value is -1.02. The first-order valence-corrected chi connectivity index (χ1v) is 5.58. The van der Waals surface area contributed by atoms with E-state index in [-0.39, 0.29) is 0 Å². The molecule has 0 bridgehead atoms. The predicted octanol–water partition coefficient (Wildman–Crippen LogP) is 1.22. The van der Waals surface area contributed by atoms with Crippen molar-refractivity contribution in [2.75, 3.05) is 27.2 Å². The van der Waals surface area contributed by atoms with Crippen molar-refractivity contribution in [2.24, 2.45) is 0 Å². The Kier molecular flexibility index (Phi) is 4.63. The highest BCUT2D eigenvalue weighted by Gasteiger charge is 1.98. The van der Waals surface area contributed by atoms with E-state index in [2.05, 4.69) is 40.1 Å². The molecule has 0 aliphatic rings. The minimum Gasteiger partial charge on any atom is -0.493 e. The third-order valence-corrected chi connectivity index (χ3v) is 2.57. The third kappa shape index (κ3) is 4.34. The van der Waals surface area contributed by atoms with Crippen LogP contribution >= 0.6 is 0 Å². The maximum Gasteiger partial charge on any atom is 0.119 e. The van der Waals surface area contributed by atoms with Gasteiger partial charge in [0.2, 0.25) is 0 Å². The van der Waals surface area contributed by atoms with Crippen LogP contribution in [0.2, 0.25) is 0 Å². The summed E-state index contributed by atoms with van der Waals surface area (Å²) in [5.41, 5.74) is 2.62. The number of hydrogen-bond donors (Lipinski definition) is 1. The van der Waals surface area contributed by atoms with Gasteiger partial charge in [-0.2, -0.15) is 0 Å². The topological polar surface area (TPSA) is 13.7 Å². The summed E-state index contributed by atoms with van der Waals surface area (Å²) in [5, 5.41) is 0. The van der Waals surface area contributed by atoms with Crippen LogP contribution in [0.4, 0.5) is 0 Å². The molecule has 15 heavy (non-hydrogen) atoms. The first-order valence-electron chi connectivity index (χ1n) is 5.58. The van der Waals surface area contributed by atoms with E-state index in [1.807, 2.05) is 6.07 Å². The lowest BCUT2D eigenvalue weighted by molar-refractivity contribution is -0.858. The number of quaternary nitrogens is 1. The SMILES string of the molecule is Cc1ccc(OCCC[NH+](C)C)cc1C. The van der Waals surface area contributed by atoms with Crippen molar-refractivity contribution in [1.82, 2.24) is 0 Å². The highest BCUT2D eigenvalue weighted by atomic mass is 16.5. The van der Waals surface area contributed by atoms with Gasteiger partial charge in [0.05, 0.1) is 27.2 Å². The van der Waals surface area contributed by atoms with Crippen LogP contribution in [0.3, 0.4) is 0 Å². The van der Waals surface area contributed by atoms with E-state index in [9.17, 15) is 0 Å². The van der Waals surface area contributed by atoms with E-state index in [1.165, 1.54) is 16.0 Å². The molecule has 1 aromatic rings. The summed E-state index contributed by atoms with van der Waals surface area (Å²) in [6.45, 7) is 6.21. The van der Waals surface area contributed by atoms with Crippen molar-refractivity contribution >= 4 is 0 Å². The molecular formula is C13H22NO+.